The Kier molecular flexibility index (Phi) is 6.55. The normalized spacial score (nSPS) is 10.6. The van der Waals surface area contributed by atoms with Crippen molar-refractivity contribution >= 4 is 15.9 Å². The summed E-state index contributed by atoms with van der Waals surface area (Å²) in [6.45, 7) is 7.11. The van der Waals surface area contributed by atoms with Gasteiger partial charge in [-0.15, -0.1) is 0 Å². The first-order valence-corrected chi connectivity index (χ1v) is 6.59. The molecule has 0 heterocycles. The lowest BCUT2D eigenvalue weighted by Crippen LogP contribution is -2.19. The Morgan fingerprint density at radius 2 is 2.12 bits per heavy atom. The molecule has 1 aromatic carbocycles. The average molecular weight is 302 g/mol. The van der Waals surface area contributed by atoms with Crippen LogP contribution in [0.2, 0.25) is 0 Å². The number of hydrogen-bond donors (Lipinski definition) is 1. The van der Waals surface area contributed by atoms with E-state index in [-0.39, 0.29) is 0 Å². The molecule has 0 bridgehead atoms. The molecule has 0 unspecified atom stereocenters. The van der Waals surface area contributed by atoms with Crippen LogP contribution in [-0.4, -0.2) is 26.9 Å². The molecule has 1 N–H and O–H groups in total. The van der Waals surface area contributed by atoms with E-state index in [1.807, 2.05) is 6.92 Å². The van der Waals surface area contributed by atoms with Crippen LogP contribution in [0.5, 0.6) is 5.75 Å². The molecule has 0 aliphatic heterocycles. The Bertz CT molecular complexity index is 356. The monoisotopic (exact) mass is 301 g/mol. The van der Waals surface area contributed by atoms with Crippen LogP contribution in [0.25, 0.3) is 0 Å². The predicted molar refractivity (Wildman–Crippen MR) is 73.6 cm³/mol. The first-order chi connectivity index (χ1) is 8.19. The van der Waals surface area contributed by atoms with Gasteiger partial charge in [-0.25, -0.2) is 0 Å². The maximum absolute atomic E-state index is 5.69. The maximum atomic E-state index is 5.69. The molecule has 0 aromatic heterocycles. The fourth-order valence-electron chi connectivity index (χ4n) is 1.68. The van der Waals surface area contributed by atoms with E-state index in [0.29, 0.717) is 6.61 Å². The summed E-state index contributed by atoms with van der Waals surface area (Å²) < 4.78 is 11.8. The lowest BCUT2D eigenvalue weighted by molar-refractivity contribution is 0.199. The first kappa shape index (κ1) is 14.5. The van der Waals surface area contributed by atoms with Gasteiger partial charge in [0.2, 0.25) is 0 Å². The first-order valence-electron chi connectivity index (χ1n) is 5.80. The number of nitrogens with one attached hydrogen (secondary N) is 1. The van der Waals surface area contributed by atoms with Crippen molar-refractivity contribution in [2.75, 3.05) is 26.9 Å². The molecule has 0 atom stereocenters. The third-order valence-corrected chi connectivity index (χ3v) is 2.86. The standard InChI is InChI=1S/C13H20BrNO2/c1-4-17-13-10(2)7-12(14)8-11(13)9-15-5-6-16-3/h7-8,15H,4-6,9H2,1-3H3. The highest BCUT2D eigenvalue weighted by atomic mass is 79.9. The molecule has 0 spiro atoms. The second-order valence-electron chi connectivity index (χ2n) is 3.81. The van der Waals surface area contributed by atoms with E-state index in [4.69, 9.17) is 9.47 Å². The van der Waals surface area contributed by atoms with E-state index < -0.39 is 0 Å². The van der Waals surface area contributed by atoms with Crippen molar-refractivity contribution in [2.24, 2.45) is 0 Å². The van der Waals surface area contributed by atoms with E-state index in [9.17, 15) is 0 Å². The molecule has 0 aliphatic carbocycles. The zero-order valence-electron chi connectivity index (χ0n) is 10.7. The van der Waals surface area contributed by atoms with Gasteiger partial charge in [-0.1, -0.05) is 15.9 Å². The minimum atomic E-state index is 0.688. The smallest absolute Gasteiger partial charge is 0.126 e. The summed E-state index contributed by atoms with van der Waals surface area (Å²) in [6.07, 6.45) is 0. The van der Waals surface area contributed by atoms with Crippen LogP contribution in [0.4, 0.5) is 0 Å². The van der Waals surface area contributed by atoms with Gasteiger partial charge in [0, 0.05) is 30.2 Å². The molecule has 17 heavy (non-hydrogen) atoms. The van der Waals surface area contributed by atoms with Crippen LogP contribution in [0.15, 0.2) is 16.6 Å². The summed E-state index contributed by atoms with van der Waals surface area (Å²) in [7, 11) is 1.70. The molecule has 1 aromatic rings. The number of hydrogen-bond acceptors (Lipinski definition) is 3. The van der Waals surface area contributed by atoms with Crippen LogP contribution in [0.3, 0.4) is 0 Å². The third kappa shape index (κ3) is 4.66. The molecule has 4 heteroatoms. The van der Waals surface area contributed by atoms with Gasteiger partial charge < -0.3 is 14.8 Å². The molecule has 0 radical (unpaired) electrons. The Hall–Kier alpha value is -0.580. The van der Waals surface area contributed by atoms with Gasteiger partial charge in [-0.2, -0.15) is 0 Å². The van der Waals surface area contributed by atoms with E-state index in [0.717, 1.165) is 35.5 Å². The van der Waals surface area contributed by atoms with Crippen molar-refractivity contribution in [3.63, 3.8) is 0 Å². The van der Waals surface area contributed by atoms with Crippen LogP contribution in [0, 0.1) is 6.92 Å². The summed E-state index contributed by atoms with van der Waals surface area (Å²) in [5, 5.41) is 3.33. The lowest BCUT2D eigenvalue weighted by atomic mass is 10.1. The van der Waals surface area contributed by atoms with Gasteiger partial charge in [0.1, 0.15) is 5.75 Å². The summed E-state index contributed by atoms with van der Waals surface area (Å²) in [5.74, 6) is 0.987. The molecule has 96 valence electrons. The molecular weight excluding hydrogens is 282 g/mol. The molecule has 0 fully saturated rings. The van der Waals surface area contributed by atoms with Crippen LogP contribution >= 0.6 is 15.9 Å². The second-order valence-corrected chi connectivity index (χ2v) is 4.73. The largest absolute Gasteiger partial charge is 0.493 e. The fourth-order valence-corrected chi connectivity index (χ4v) is 2.30. The average Bonchev–Trinajstić information content (AvgIpc) is 2.29. The zero-order chi connectivity index (χ0) is 12.7. The molecule has 1 rings (SSSR count). The molecule has 0 saturated carbocycles. The van der Waals surface area contributed by atoms with Gasteiger partial charge in [0.25, 0.3) is 0 Å². The summed E-state index contributed by atoms with van der Waals surface area (Å²) >= 11 is 3.51. The maximum Gasteiger partial charge on any atom is 0.126 e. The topological polar surface area (TPSA) is 30.5 Å². The number of ether oxygens (including phenoxy) is 2. The minimum Gasteiger partial charge on any atom is -0.493 e. The van der Waals surface area contributed by atoms with Crippen LogP contribution < -0.4 is 10.1 Å². The zero-order valence-corrected chi connectivity index (χ0v) is 12.3. The number of methoxy groups -OCH3 is 1. The SMILES string of the molecule is CCOc1c(C)cc(Br)cc1CNCCOC. The highest BCUT2D eigenvalue weighted by Crippen LogP contribution is 2.28. The molecule has 0 aliphatic rings. The number of rotatable bonds is 7. The highest BCUT2D eigenvalue weighted by molar-refractivity contribution is 9.10. The second kappa shape index (κ2) is 7.69. The minimum absolute atomic E-state index is 0.688. The van der Waals surface area contributed by atoms with Crippen molar-refractivity contribution in [3.8, 4) is 5.75 Å². The predicted octanol–water partition coefficient (Wildman–Crippen LogP) is 2.89. The molecule has 3 nitrogen and oxygen atoms in total. The summed E-state index contributed by atoms with van der Waals surface area (Å²) in [5.41, 5.74) is 2.33. The van der Waals surface area contributed by atoms with Gasteiger partial charge in [-0.3, -0.25) is 0 Å². The highest BCUT2D eigenvalue weighted by Gasteiger charge is 2.08. The van der Waals surface area contributed by atoms with Gasteiger partial charge >= 0.3 is 0 Å². The Labute approximate surface area is 112 Å². The van der Waals surface area contributed by atoms with Crippen molar-refractivity contribution in [1.29, 1.82) is 0 Å². The van der Waals surface area contributed by atoms with E-state index in [2.05, 4.69) is 40.3 Å². The van der Waals surface area contributed by atoms with Gasteiger partial charge in [-0.05, 0) is 31.5 Å². The summed E-state index contributed by atoms with van der Waals surface area (Å²) in [4.78, 5) is 0. The van der Waals surface area contributed by atoms with Crippen molar-refractivity contribution in [3.05, 3.63) is 27.7 Å². The number of halogens is 1. The molecule has 0 amide bonds. The number of aryl methyl sites for hydroxylation is 1. The van der Waals surface area contributed by atoms with Crippen molar-refractivity contribution in [2.45, 2.75) is 20.4 Å². The quantitative estimate of drug-likeness (QED) is 0.786. The molecule has 0 saturated heterocycles. The third-order valence-electron chi connectivity index (χ3n) is 2.40. The van der Waals surface area contributed by atoms with E-state index >= 15 is 0 Å². The number of benzene rings is 1. The van der Waals surface area contributed by atoms with E-state index in [1.165, 1.54) is 5.56 Å². The van der Waals surface area contributed by atoms with Crippen LogP contribution in [-0.2, 0) is 11.3 Å². The van der Waals surface area contributed by atoms with Crippen LogP contribution in [0.1, 0.15) is 18.1 Å². The lowest BCUT2D eigenvalue weighted by Gasteiger charge is -2.14. The van der Waals surface area contributed by atoms with E-state index in [1.54, 1.807) is 7.11 Å². The fraction of sp³-hybridized carbons (Fsp3) is 0.538. The Morgan fingerprint density at radius 1 is 1.35 bits per heavy atom. The Morgan fingerprint density at radius 3 is 2.76 bits per heavy atom. The summed E-state index contributed by atoms with van der Waals surface area (Å²) in [6, 6.07) is 4.17. The van der Waals surface area contributed by atoms with Crippen molar-refractivity contribution < 1.29 is 9.47 Å². The van der Waals surface area contributed by atoms with Crippen molar-refractivity contribution in [1.82, 2.24) is 5.32 Å². The molecular formula is C13H20BrNO2. The Balaban J connectivity index is 2.73. The van der Waals surface area contributed by atoms with Gasteiger partial charge in [0.15, 0.2) is 0 Å². The van der Waals surface area contributed by atoms with Gasteiger partial charge in [0.05, 0.1) is 13.2 Å².